The van der Waals surface area contributed by atoms with E-state index >= 15 is 0 Å². The number of rotatable bonds is 5. The molecule has 1 aliphatic rings. The Morgan fingerprint density at radius 1 is 1.00 bits per heavy atom. The minimum atomic E-state index is 0. The molecule has 2 aromatic carbocycles. The third-order valence-electron chi connectivity index (χ3n) is 4.67. The highest BCUT2D eigenvalue weighted by Gasteiger charge is 2.15. The molecule has 136 valence electrons. The Morgan fingerprint density at radius 2 is 1.81 bits per heavy atom. The van der Waals surface area contributed by atoms with E-state index in [2.05, 4.69) is 39.9 Å². The fourth-order valence-electron chi connectivity index (χ4n) is 3.31. The highest BCUT2D eigenvalue weighted by Crippen LogP contribution is 2.31. The second-order valence-corrected chi connectivity index (χ2v) is 6.45. The maximum absolute atomic E-state index is 6.05. The summed E-state index contributed by atoms with van der Waals surface area (Å²) in [5, 5.41) is 8.21. The third-order valence-corrected chi connectivity index (χ3v) is 4.67. The molecule has 0 spiro atoms. The van der Waals surface area contributed by atoms with Crippen LogP contribution in [0.15, 0.2) is 60.8 Å². The number of ether oxygens (including phenoxy) is 1. The van der Waals surface area contributed by atoms with Gasteiger partial charge in [0.05, 0.1) is 0 Å². The Hall–Kier alpha value is -2.30. The van der Waals surface area contributed by atoms with Gasteiger partial charge in [-0.2, -0.15) is 0 Å². The van der Waals surface area contributed by atoms with Gasteiger partial charge in [-0.25, -0.2) is 0 Å². The Morgan fingerprint density at radius 3 is 2.62 bits per heavy atom. The van der Waals surface area contributed by atoms with Crippen molar-refractivity contribution in [2.24, 2.45) is 0 Å². The van der Waals surface area contributed by atoms with Crippen LogP contribution in [0.4, 0.5) is 5.69 Å². The lowest BCUT2D eigenvalue weighted by atomic mass is 10.1. The number of hydrogen-bond donors (Lipinski definition) is 2. The van der Waals surface area contributed by atoms with Gasteiger partial charge in [0.2, 0.25) is 0 Å². The number of nitrogens with zero attached hydrogens (tertiary/aromatic N) is 1. The van der Waals surface area contributed by atoms with Gasteiger partial charge in [0, 0.05) is 23.3 Å². The van der Waals surface area contributed by atoms with Crippen molar-refractivity contribution < 1.29 is 4.74 Å². The summed E-state index contributed by atoms with van der Waals surface area (Å²) in [5.41, 5.74) is 3.21. The summed E-state index contributed by atoms with van der Waals surface area (Å²) < 4.78 is 6.05. The topological polar surface area (TPSA) is 46.2 Å². The van der Waals surface area contributed by atoms with Crippen LogP contribution in [0.25, 0.3) is 10.9 Å². The van der Waals surface area contributed by atoms with Crippen LogP contribution in [0.1, 0.15) is 18.4 Å². The van der Waals surface area contributed by atoms with Crippen LogP contribution in [0, 0.1) is 0 Å². The number of nitrogens with one attached hydrogen (secondary N) is 2. The molecule has 0 saturated carbocycles. The van der Waals surface area contributed by atoms with Crippen molar-refractivity contribution in [1.29, 1.82) is 0 Å². The molecular formula is C21H24ClN3O. The van der Waals surface area contributed by atoms with Crippen LogP contribution in [0.3, 0.4) is 0 Å². The normalized spacial score (nSPS) is 14.6. The first-order chi connectivity index (χ1) is 12.4. The number of anilines is 1. The van der Waals surface area contributed by atoms with Crippen molar-refractivity contribution >= 4 is 29.0 Å². The molecule has 26 heavy (non-hydrogen) atoms. The van der Waals surface area contributed by atoms with Crippen molar-refractivity contribution in [2.75, 3.05) is 18.4 Å². The second-order valence-electron chi connectivity index (χ2n) is 6.45. The summed E-state index contributed by atoms with van der Waals surface area (Å²) in [4.78, 5) is 4.57. The van der Waals surface area contributed by atoms with Crippen LogP contribution in [0.5, 0.6) is 5.75 Å². The number of hydrogen-bond acceptors (Lipinski definition) is 4. The van der Waals surface area contributed by atoms with Gasteiger partial charge in [0.1, 0.15) is 17.9 Å². The van der Waals surface area contributed by atoms with E-state index in [1.807, 2.05) is 36.5 Å². The number of aromatic nitrogens is 1. The maximum atomic E-state index is 6.05. The molecule has 1 saturated heterocycles. The minimum absolute atomic E-state index is 0. The second kappa shape index (κ2) is 8.88. The summed E-state index contributed by atoms with van der Waals surface area (Å²) in [7, 11) is 0. The average Bonchev–Trinajstić information content (AvgIpc) is 2.69. The molecule has 4 rings (SSSR count). The van der Waals surface area contributed by atoms with Crippen molar-refractivity contribution in [3.05, 3.63) is 66.4 Å². The molecule has 1 aromatic heterocycles. The van der Waals surface area contributed by atoms with E-state index < -0.39 is 0 Å². The molecule has 2 heterocycles. The first kappa shape index (κ1) is 18.5. The molecule has 4 nitrogen and oxygen atoms in total. The van der Waals surface area contributed by atoms with E-state index in [0.717, 1.165) is 53.8 Å². The van der Waals surface area contributed by atoms with Crippen molar-refractivity contribution in [3.8, 4) is 5.75 Å². The quantitative estimate of drug-likeness (QED) is 0.699. The zero-order valence-corrected chi connectivity index (χ0v) is 15.5. The molecule has 0 radical (unpaired) electrons. The summed E-state index contributed by atoms with van der Waals surface area (Å²) in [6.07, 6.45) is 4.12. The van der Waals surface area contributed by atoms with Gasteiger partial charge in [-0.05, 0) is 55.8 Å². The van der Waals surface area contributed by atoms with Crippen LogP contribution < -0.4 is 15.4 Å². The molecule has 0 aliphatic carbocycles. The lowest BCUT2D eigenvalue weighted by molar-refractivity contribution is 0.309. The van der Waals surface area contributed by atoms with Crippen molar-refractivity contribution in [1.82, 2.24) is 10.3 Å². The molecule has 0 amide bonds. The van der Waals surface area contributed by atoms with Gasteiger partial charge >= 0.3 is 0 Å². The van der Waals surface area contributed by atoms with Crippen molar-refractivity contribution in [2.45, 2.75) is 25.5 Å². The Balaban J connectivity index is 0.00000196. The third kappa shape index (κ3) is 4.26. The van der Waals surface area contributed by atoms with Gasteiger partial charge in [-0.1, -0.05) is 30.3 Å². The molecule has 1 fully saturated rings. The SMILES string of the molecule is Cl.c1ccc(COc2ccc(NC3CCNCC3)c3cccnc23)cc1. The molecule has 0 bridgehead atoms. The zero-order chi connectivity index (χ0) is 16.9. The number of piperidine rings is 1. The highest BCUT2D eigenvalue weighted by atomic mass is 35.5. The molecule has 5 heteroatoms. The highest BCUT2D eigenvalue weighted by molar-refractivity contribution is 5.95. The smallest absolute Gasteiger partial charge is 0.146 e. The van der Waals surface area contributed by atoms with Crippen molar-refractivity contribution in [3.63, 3.8) is 0 Å². The predicted octanol–water partition coefficient (Wildman–Crippen LogP) is 4.40. The van der Waals surface area contributed by atoms with Gasteiger partial charge in [-0.15, -0.1) is 12.4 Å². The number of pyridine rings is 1. The maximum Gasteiger partial charge on any atom is 0.146 e. The lowest BCUT2D eigenvalue weighted by Crippen LogP contribution is -2.35. The van der Waals surface area contributed by atoms with E-state index in [1.165, 1.54) is 0 Å². The zero-order valence-electron chi connectivity index (χ0n) is 14.7. The Kier molecular flexibility index (Phi) is 6.31. The summed E-state index contributed by atoms with van der Waals surface area (Å²) in [6.45, 7) is 2.70. The standard InChI is InChI=1S/C21H23N3O.ClH/c1-2-5-16(6-3-1)15-25-20-9-8-19(18-7-4-12-23-21(18)20)24-17-10-13-22-14-11-17;/h1-9,12,17,22,24H,10-11,13-15H2;1H. The van der Waals surface area contributed by atoms with E-state index in [4.69, 9.17) is 4.74 Å². The Bertz CT molecular complexity index is 835. The van der Waals surface area contributed by atoms with E-state index in [-0.39, 0.29) is 12.4 Å². The summed E-state index contributed by atoms with van der Waals surface area (Å²) >= 11 is 0. The van der Waals surface area contributed by atoms with Gasteiger partial charge in [0.25, 0.3) is 0 Å². The largest absolute Gasteiger partial charge is 0.487 e. The number of fused-ring (bicyclic) bond motifs is 1. The molecular weight excluding hydrogens is 346 g/mol. The minimum Gasteiger partial charge on any atom is -0.487 e. The first-order valence-electron chi connectivity index (χ1n) is 8.92. The van der Waals surface area contributed by atoms with Crippen LogP contribution in [-0.2, 0) is 6.61 Å². The Labute approximate surface area is 160 Å². The summed E-state index contributed by atoms with van der Waals surface area (Å²) in [5.74, 6) is 0.829. The molecule has 0 atom stereocenters. The average molecular weight is 370 g/mol. The van der Waals surface area contributed by atoms with Gasteiger partial charge < -0.3 is 15.4 Å². The molecule has 0 unspecified atom stereocenters. The molecule has 1 aliphatic heterocycles. The predicted molar refractivity (Wildman–Crippen MR) is 109 cm³/mol. The number of halogens is 1. The van der Waals surface area contributed by atoms with Crippen LogP contribution in [-0.4, -0.2) is 24.1 Å². The fourth-order valence-corrected chi connectivity index (χ4v) is 3.31. The monoisotopic (exact) mass is 369 g/mol. The van der Waals surface area contributed by atoms with E-state index in [9.17, 15) is 0 Å². The van der Waals surface area contributed by atoms with Gasteiger partial charge in [-0.3, -0.25) is 4.98 Å². The van der Waals surface area contributed by atoms with Gasteiger partial charge in [0.15, 0.2) is 0 Å². The first-order valence-corrected chi connectivity index (χ1v) is 8.92. The molecule has 3 aromatic rings. The van der Waals surface area contributed by atoms with E-state index in [0.29, 0.717) is 12.6 Å². The van der Waals surface area contributed by atoms with Crippen LogP contribution in [0.2, 0.25) is 0 Å². The van der Waals surface area contributed by atoms with Crippen LogP contribution >= 0.6 is 12.4 Å². The fraction of sp³-hybridized carbons (Fsp3) is 0.286. The lowest BCUT2D eigenvalue weighted by Gasteiger charge is -2.25. The number of benzene rings is 2. The summed E-state index contributed by atoms with van der Waals surface area (Å²) in [6, 6.07) is 19.0. The van der Waals surface area contributed by atoms with E-state index in [1.54, 1.807) is 0 Å². The molecule has 2 N–H and O–H groups in total.